The molecule has 5 nitrogen and oxygen atoms in total. The number of hydrogen-bond acceptors (Lipinski definition) is 5. The third-order valence-corrected chi connectivity index (χ3v) is 3.86. The van der Waals surface area contributed by atoms with Crippen molar-refractivity contribution in [3.05, 3.63) is 35.4 Å². The van der Waals surface area contributed by atoms with Gasteiger partial charge in [-0.1, -0.05) is 24.3 Å². The first-order valence-electron chi connectivity index (χ1n) is 7.68. The molecule has 1 aromatic rings. The third-order valence-electron chi connectivity index (χ3n) is 3.86. The summed E-state index contributed by atoms with van der Waals surface area (Å²) in [6.45, 7) is 7.88. The maximum atomic E-state index is 5.86. The van der Waals surface area contributed by atoms with Crippen LogP contribution in [-0.4, -0.2) is 63.3 Å². The molecular formula is C16H23N3O2. The Kier molecular flexibility index (Phi) is 5.21. The normalized spacial score (nSPS) is 19.3. The monoisotopic (exact) mass is 289 g/mol. The number of rotatable bonds is 6. The lowest BCUT2D eigenvalue weighted by molar-refractivity contribution is 0.0180. The van der Waals surface area contributed by atoms with Crippen molar-refractivity contribution in [2.45, 2.75) is 6.61 Å². The molecule has 0 atom stereocenters. The van der Waals surface area contributed by atoms with E-state index in [1.165, 1.54) is 11.1 Å². The average molecular weight is 289 g/mol. The van der Waals surface area contributed by atoms with Crippen molar-refractivity contribution in [2.24, 2.45) is 4.99 Å². The second-order valence-electron chi connectivity index (χ2n) is 5.32. The average Bonchev–Trinajstić information content (AvgIpc) is 3.07. The molecule has 2 aliphatic heterocycles. The molecule has 0 saturated carbocycles. The highest BCUT2D eigenvalue weighted by Crippen LogP contribution is 2.12. The lowest BCUT2D eigenvalue weighted by atomic mass is 10.1. The van der Waals surface area contributed by atoms with Gasteiger partial charge in [-0.25, -0.2) is 0 Å². The maximum Gasteiger partial charge on any atom is 0.128 e. The van der Waals surface area contributed by atoms with Gasteiger partial charge in [-0.3, -0.25) is 9.89 Å². The van der Waals surface area contributed by atoms with Gasteiger partial charge in [0.15, 0.2) is 0 Å². The molecule has 0 aromatic heterocycles. The van der Waals surface area contributed by atoms with Gasteiger partial charge in [0.05, 0.1) is 33.0 Å². The molecule has 1 saturated heterocycles. The quantitative estimate of drug-likeness (QED) is 0.790. The van der Waals surface area contributed by atoms with Crippen molar-refractivity contribution in [3.8, 4) is 0 Å². The van der Waals surface area contributed by atoms with Gasteiger partial charge in [0.1, 0.15) is 5.84 Å². The lowest BCUT2D eigenvalue weighted by Gasteiger charge is -2.26. The molecule has 1 fully saturated rings. The van der Waals surface area contributed by atoms with E-state index in [9.17, 15) is 0 Å². The zero-order chi connectivity index (χ0) is 14.3. The predicted molar refractivity (Wildman–Crippen MR) is 82.8 cm³/mol. The van der Waals surface area contributed by atoms with Crippen molar-refractivity contribution < 1.29 is 9.47 Å². The fourth-order valence-corrected chi connectivity index (χ4v) is 2.66. The summed E-state index contributed by atoms with van der Waals surface area (Å²) in [6.07, 6.45) is 0. The van der Waals surface area contributed by atoms with Crippen LogP contribution >= 0.6 is 0 Å². The van der Waals surface area contributed by atoms with Crippen LogP contribution in [0.2, 0.25) is 0 Å². The van der Waals surface area contributed by atoms with Gasteiger partial charge in [-0.2, -0.15) is 0 Å². The van der Waals surface area contributed by atoms with E-state index in [-0.39, 0.29) is 0 Å². The largest absolute Gasteiger partial charge is 0.379 e. The topological polar surface area (TPSA) is 46.1 Å². The molecule has 0 spiro atoms. The Morgan fingerprint density at radius 1 is 1.24 bits per heavy atom. The van der Waals surface area contributed by atoms with Gasteiger partial charge in [0, 0.05) is 31.7 Å². The molecule has 0 unspecified atom stereocenters. The standard InChI is InChI=1S/C16H23N3O2/c1-2-4-15(16-17-5-6-18-16)14(3-1)13-21-12-9-19-7-10-20-11-8-19/h1-4H,5-13H2,(H,17,18). The van der Waals surface area contributed by atoms with Crippen LogP contribution in [0.15, 0.2) is 29.3 Å². The lowest BCUT2D eigenvalue weighted by Crippen LogP contribution is -2.38. The molecular weight excluding hydrogens is 266 g/mol. The molecule has 0 radical (unpaired) electrons. The molecule has 3 rings (SSSR count). The van der Waals surface area contributed by atoms with Gasteiger partial charge < -0.3 is 14.8 Å². The van der Waals surface area contributed by atoms with Crippen LogP contribution in [0.5, 0.6) is 0 Å². The van der Waals surface area contributed by atoms with E-state index in [1.54, 1.807) is 0 Å². The molecule has 0 bridgehead atoms. The first-order chi connectivity index (χ1) is 10.4. The summed E-state index contributed by atoms with van der Waals surface area (Å²) in [5.74, 6) is 1.00. The Balaban J connectivity index is 1.48. The number of nitrogens with one attached hydrogen (secondary N) is 1. The Morgan fingerprint density at radius 3 is 2.90 bits per heavy atom. The number of aliphatic imine (C=N–C) groups is 1. The van der Waals surface area contributed by atoms with Gasteiger partial charge >= 0.3 is 0 Å². The highest BCUT2D eigenvalue weighted by molar-refractivity contribution is 6.00. The molecule has 21 heavy (non-hydrogen) atoms. The Labute approximate surface area is 126 Å². The van der Waals surface area contributed by atoms with Crippen LogP contribution in [0.25, 0.3) is 0 Å². The molecule has 2 heterocycles. The summed E-state index contributed by atoms with van der Waals surface area (Å²) in [6, 6.07) is 8.33. The minimum Gasteiger partial charge on any atom is -0.379 e. The number of hydrogen-bond donors (Lipinski definition) is 1. The van der Waals surface area contributed by atoms with E-state index < -0.39 is 0 Å². The van der Waals surface area contributed by atoms with Crippen LogP contribution in [0.3, 0.4) is 0 Å². The van der Waals surface area contributed by atoms with Crippen molar-refractivity contribution in [2.75, 3.05) is 52.5 Å². The SMILES string of the molecule is c1ccc(C2=NCCN2)c(COCCN2CCOCC2)c1. The minimum atomic E-state index is 0.640. The van der Waals surface area contributed by atoms with Gasteiger partial charge in [-0.15, -0.1) is 0 Å². The Hall–Kier alpha value is -1.43. The zero-order valence-electron chi connectivity index (χ0n) is 12.4. The van der Waals surface area contributed by atoms with E-state index in [4.69, 9.17) is 9.47 Å². The van der Waals surface area contributed by atoms with Crippen LogP contribution < -0.4 is 5.32 Å². The number of nitrogens with zero attached hydrogens (tertiary/aromatic N) is 2. The third kappa shape index (κ3) is 4.03. The van der Waals surface area contributed by atoms with Crippen LogP contribution in [0.1, 0.15) is 11.1 Å². The molecule has 2 aliphatic rings. The first-order valence-corrected chi connectivity index (χ1v) is 7.68. The fraction of sp³-hybridized carbons (Fsp3) is 0.562. The van der Waals surface area contributed by atoms with Crippen LogP contribution in [0.4, 0.5) is 0 Å². The second kappa shape index (κ2) is 7.54. The van der Waals surface area contributed by atoms with E-state index in [2.05, 4.69) is 39.5 Å². The molecule has 1 aromatic carbocycles. The van der Waals surface area contributed by atoms with E-state index in [1.807, 2.05) is 0 Å². The number of amidine groups is 1. The summed E-state index contributed by atoms with van der Waals surface area (Å²) >= 11 is 0. The van der Waals surface area contributed by atoms with Crippen LogP contribution in [0, 0.1) is 0 Å². The highest BCUT2D eigenvalue weighted by atomic mass is 16.5. The summed E-state index contributed by atoms with van der Waals surface area (Å²) in [7, 11) is 0. The molecule has 1 N–H and O–H groups in total. The summed E-state index contributed by atoms with van der Waals surface area (Å²) in [5, 5.41) is 3.33. The maximum absolute atomic E-state index is 5.86. The smallest absolute Gasteiger partial charge is 0.128 e. The summed E-state index contributed by atoms with van der Waals surface area (Å²) in [4.78, 5) is 6.88. The Bertz CT molecular complexity index is 484. The Morgan fingerprint density at radius 2 is 2.10 bits per heavy atom. The summed E-state index contributed by atoms with van der Waals surface area (Å²) in [5.41, 5.74) is 2.37. The van der Waals surface area contributed by atoms with Crippen molar-refractivity contribution >= 4 is 5.84 Å². The fourth-order valence-electron chi connectivity index (χ4n) is 2.66. The number of morpholine rings is 1. The van der Waals surface area contributed by atoms with Crippen molar-refractivity contribution in [1.82, 2.24) is 10.2 Å². The van der Waals surface area contributed by atoms with Gasteiger partial charge in [0.25, 0.3) is 0 Å². The second-order valence-corrected chi connectivity index (χ2v) is 5.32. The molecule has 0 amide bonds. The molecule has 0 aliphatic carbocycles. The number of ether oxygens (including phenoxy) is 2. The zero-order valence-corrected chi connectivity index (χ0v) is 12.4. The number of benzene rings is 1. The van der Waals surface area contributed by atoms with E-state index in [0.717, 1.165) is 58.4 Å². The van der Waals surface area contributed by atoms with Gasteiger partial charge in [0.2, 0.25) is 0 Å². The minimum absolute atomic E-state index is 0.640. The highest BCUT2D eigenvalue weighted by Gasteiger charge is 2.13. The molecule has 5 heteroatoms. The van der Waals surface area contributed by atoms with Crippen molar-refractivity contribution in [3.63, 3.8) is 0 Å². The van der Waals surface area contributed by atoms with Crippen LogP contribution in [-0.2, 0) is 16.1 Å². The first kappa shape index (κ1) is 14.5. The predicted octanol–water partition coefficient (Wildman–Crippen LogP) is 0.885. The van der Waals surface area contributed by atoms with Crippen molar-refractivity contribution in [1.29, 1.82) is 0 Å². The molecule has 114 valence electrons. The van der Waals surface area contributed by atoms with E-state index in [0.29, 0.717) is 6.61 Å². The van der Waals surface area contributed by atoms with Gasteiger partial charge in [-0.05, 0) is 5.56 Å². The summed E-state index contributed by atoms with van der Waals surface area (Å²) < 4.78 is 11.2. The van der Waals surface area contributed by atoms with E-state index >= 15 is 0 Å².